The normalized spacial score (nSPS) is 9.91. The second kappa shape index (κ2) is 7.37. The van der Waals surface area contributed by atoms with Crippen LogP contribution in [0.3, 0.4) is 0 Å². The van der Waals surface area contributed by atoms with Crippen LogP contribution in [0.5, 0.6) is 0 Å². The molecule has 0 saturated heterocycles. The van der Waals surface area contributed by atoms with Crippen molar-refractivity contribution in [3.63, 3.8) is 0 Å². The number of hydrogen-bond acceptors (Lipinski definition) is 2. The molecule has 0 saturated carbocycles. The second-order valence-corrected chi connectivity index (χ2v) is 3.55. The van der Waals surface area contributed by atoms with Crippen molar-refractivity contribution in [1.29, 1.82) is 0 Å². The first-order valence-electron chi connectivity index (χ1n) is 2.80. The molecule has 0 aromatic heterocycles. The lowest BCUT2D eigenvalue weighted by atomic mass is 10.4. The first-order valence-corrected chi connectivity index (χ1v) is 5.02. The van der Waals surface area contributed by atoms with E-state index in [9.17, 15) is 0 Å². The van der Waals surface area contributed by atoms with Gasteiger partial charge in [0.15, 0.2) is 0 Å². The van der Waals surface area contributed by atoms with Crippen LogP contribution in [0.15, 0.2) is 4.36 Å². The van der Waals surface area contributed by atoms with Gasteiger partial charge in [-0.05, 0) is 22.7 Å². The average molecular weight is 237 g/mol. The Morgan fingerprint density at radius 1 is 1.55 bits per heavy atom. The van der Waals surface area contributed by atoms with Crippen molar-refractivity contribution < 1.29 is 4.74 Å². The predicted molar refractivity (Wildman–Crippen MR) is 52.9 cm³/mol. The van der Waals surface area contributed by atoms with Crippen molar-refractivity contribution in [3.8, 4) is 0 Å². The van der Waals surface area contributed by atoms with Crippen molar-refractivity contribution in [2.75, 3.05) is 18.9 Å². The first kappa shape index (κ1) is 11.7. The Hall–Kier alpha value is 0.720. The molecule has 0 unspecified atom stereocenters. The molecular weight excluding hydrogens is 228 g/mol. The van der Waals surface area contributed by atoms with E-state index in [0.29, 0.717) is 11.8 Å². The van der Waals surface area contributed by atoms with Crippen LogP contribution in [0.2, 0.25) is 0 Å². The highest BCUT2D eigenvalue weighted by Gasteiger charge is 2.00. The monoisotopic (exact) mass is 235 g/mol. The quantitative estimate of drug-likeness (QED) is 0.418. The maximum Gasteiger partial charge on any atom is 0.216 e. The van der Waals surface area contributed by atoms with Crippen molar-refractivity contribution >= 4 is 50.5 Å². The first-order chi connectivity index (χ1) is 5.24. The summed E-state index contributed by atoms with van der Waals surface area (Å²) < 4.78 is 8.91. The summed E-state index contributed by atoms with van der Waals surface area (Å²) in [4.78, 5) is 0. The third-order valence-electron chi connectivity index (χ3n) is 0.790. The summed E-state index contributed by atoms with van der Waals surface area (Å²) in [5.41, 5.74) is 0. The number of ether oxygens (including phenoxy) is 1. The molecule has 0 aromatic carbocycles. The lowest BCUT2D eigenvalue weighted by molar-refractivity contribution is 0.424. The van der Waals surface area contributed by atoms with Gasteiger partial charge in [0, 0.05) is 18.9 Å². The summed E-state index contributed by atoms with van der Waals surface area (Å²) in [5, 5.41) is 0. The summed E-state index contributed by atoms with van der Waals surface area (Å²) in [6.45, 7) is 0. The summed E-state index contributed by atoms with van der Waals surface area (Å²) in [6, 6.07) is -0.0766. The van der Waals surface area contributed by atoms with Gasteiger partial charge in [-0.1, -0.05) is 0 Å². The van der Waals surface area contributed by atoms with Crippen molar-refractivity contribution in [1.82, 2.24) is 0 Å². The molecule has 0 aliphatic heterocycles. The Morgan fingerprint density at radius 2 is 2.09 bits per heavy atom. The molecule has 0 spiro atoms. The molecular formula is C5H8Cl3NOS. The summed E-state index contributed by atoms with van der Waals surface area (Å²) in [5.74, 6) is 0.786. The van der Waals surface area contributed by atoms with Crippen molar-refractivity contribution in [2.24, 2.45) is 4.36 Å². The molecule has 0 aromatic rings. The third kappa shape index (κ3) is 5.93. The van der Waals surface area contributed by atoms with Crippen LogP contribution in [-0.2, 0) is 15.9 Å². The molecule has 0 rings (SSSR count). The second-order valence-electron chi connectivity index (χ2n) is 1.60. The summed E-state index contributed by atoms with van der Waals surface area (Å²) >= 11 is 17.6. The molecule has 6 heteroatoms. The number of halogens is 3. The van der Waals surface area contributed by atoms with Crippen molar-refractivity contribution in [2.45, 2.75) is 6.04 Å². The number of alkyl halides is 2. The lowest BCUT2D eigenvalue weighted by Crippen LogP contribution is -2.07. The van der Waals surface area contributed by atoms with E-state index in [2.05, 4.69) is 9.10 Å². The van der Waals surface area contributed by atoms with E-state index in [0.717, 1.165) is 11.1 Å². The zero-order valence-corrected chi connectivity index (χ0v) is 8.97. The van der Waals surface area contributed by atoms with Gasteiger partial charge in [0.1, 0.15) is 0 Å². The van der Waals surface area contributed by atoms with Crippen molar-refractivity contribution in [3.05, 3.63) is 0 Å². The van der Waals surface area contributed by atoms with E-state index in [1.165, 1.54) is 7.11 Å². The van der Waals surface area contributed by atoms with E-state index in [1.807, 2.05) is 0 Å². The van der Waals surface area contributed by atoms with Gasteiger partial charge in [0.2, 0.25) is 4.51 Å². The van der Waals surface area contributed by atoms with Crippen LogP contribution in [0, 0.1) is 0 Å². The topological polar surface area (TPSA) is 21.6 Å². The highest BCUT2D eigenvalue weighted by Crippen LogP contribution is 1.97. The fourth-order valence-corrected chi connectivity index (χ4v) is 1.46. The highest BCUT2D eigenvalue weighted by molar-refractivity contribution is 7.71. The zero-order chi connectivity index (χ0) is 8.69. The van der Waals surface area contributed by atoms with Gasteiger partial charge in [0.05, 0.1) is 6.04 Å². The number of hydrogen-bond donors (Lipinski definition) is 0. The molecule has 2 nitrogen and oxygen atoms in total. The van der Waals surface area contributed by atoms with E-state index < -0.39 is 0 Å². The maximum absolute atomic E-state index is 5.51. The molecule has 0 atom stereocenters. The van der Waals surface area contributed by atoms with Gasteiger partial charge in [-0.25, -0.2) is 4.36 Å². The Labute approximate surface area is 84.5 Å². The average Bonchev–Trinajstić information content (AvgIpc) is 2.06. The van der Waals surface area contributed by atoms with Crippen LogP contribution in [0.4, 0.5) is 0 Å². The van der Waals surface area contributed by atoms with Gasteiger partial charge in [0.25, 0.3) is 0 Å². The molecule has 0 bridgehead atoms. The fraction of sp³-hybridized carbons (Fsp3) is 0.800. The summed E-state index contributed by atoms with van der Waals surface area (Å²) in [7, 11) is 1.47. The van der Waals surface area contributed by atoms with E-state index in [4.69, 9.17) is 34.8 Å². The Balaban J connectivity index is 4.06. The van der Waals surface area contributed by atoms with Gasteiger partial charge >= 0.3 is 0 Å². The Kier molecular flexibility index (Phi) is 7.86. The molecule has 11 heavy (non-hydrogen) atoms. The summed E-state index contributed by atoms with van der Waals surface area (Å²) in [6.07, 6.45) is 0. The standard InChI is InChI=1S/C5H8Cl3NOS/c1-10-5(8)11-9-4(2-6)3-7/h4H,2-3H2,1H3. The predicted octanol–water partition coefficient (Wildman–Crippen LogP) is 2.07. The molecule has 0 N–H and O–H groups in total. The van der Waals surface area contributed by atoms with Crippen LogP contribution in [0.25, 0.3) is 0 Å². The third-order valence-corrected chi connectivity index (χ3v) is 2.58. The molecule has 0 heterocycles. The SMILES string of the molecule is COC(Cl)=S=NC(CCl)CCl. The van der Waals surface area contributed by atoms with Crippen LogP contribution >= 0.6 is 34.8 Å². The Bertz CT molecular complexity index is 165. The molecule has 66 valence electrons. The van der Waals surface area contributed by atoms with Gasteiger partial charge in [-0.3, -0.25) is 0 Å². The molecule has 0 fully saturated rings. The van der Waals surface area contributed by atoms with Gasteiger partial charge in [-0.15, -0.1) is 23.2 Å². The Morgan fingerprint density at radius 3 is 2.45 bits per heavy atom. The zero-order valence-electron chi connectivity index (χ0n) is 5.89. The number of methoxy groups -OCH3 is 1. The number of nitrogens with zero attached hydrogens (tertiary/aromatic N) is 1. The number of rotatable bonds is 3. The smallest absolute Gasteiger partial charge is 0.216 e. The fourth-order valence-electron chi connectivity index (χ4n) is 0.251. The van der Waals surface area contributed by atoms with E-state index >= 15 is 0 Å². The van der Waals surface area contributed by atoms with Gasteiger partial charge in [-0.2, -0.15) is 0 Å². The lowest BCUT2D eigenvalue weighted by Gasteiger charge is -1.98. The molecule has 0 aliphatic rings. The molecule has 0 radical (unpaired) electrons. The minimum absolute atomic E-state index is 0.0766. The van der Waals surface area contributed by atoms with E-state index in [1.54, 1.807) is 0 Å². The molecule has 0 aliphatic carbocycles. The van der Waals surface area contributed by atoms with Crippen LogP contribution in [-0.4, -0.2) is 29.4 Å². The highest BCUT2D eigenvalue weighted by atomic mass is 35.5. The van der Waals surface area contributed by atoms with Crippen LogP contribution < -0.4 is 0 Å². The van der Waals surface area contributed by atoms with Crippen LogP contribution in [0.1, 0.15) is 0 Å². The molecule has 0 amide bonds. The minimum Gasteiger partial charge on any atom is -0.329 e. The van der Waals surface area contributed by atoms with E-state index in [-0.39, 0.29) is 10.6 Å². The largest absolute Gasteiger partial charge is 0.329 e. The van der Waals surface area contributed by atoms with Gasteiger partial charge < -0.3 is 4.74 Å². The maximum atomic E-state index is 5.51. The minimum atomic E-state index is -0.0766.